The number of methoxy groups -OCH3 is 5. The lowest BCUT2D eigenvalue weighted by Crippen LogP contribution is -2.46. The molecule has 5 rings (SSSR count). The van der Waals surface area contributed by atoms with Crippen molar-refractivity contribution in [3.8, 4) is 28.7 Å². The van der Waals surface area contributed by atoms with Gasteiger partial charge in [-0.25, -0.2) is 5.01 Å². The van der Waals surface area contributed by atoms with Crippen molar-refractivity contribution in [1.29, 1.82) is 0 Å². The van der Waals surface area contributed by atoms with Crippen LogP contribution in [-0.4, -0.2) is 114 Å². The number of hydrogen-bond donors (Lipinski definition) is 0. The van der Waals surface area contributed by atoms with Crippen LogP contribution in [0.3, 0.4) is 0 Å². The first-order chi connectivity index (χ1) is 22.9. The summed E-state index contributed by atoms with van der Waals surface area (Å²) in [6.07, 6.45) is 0.407. The molecule has 3 aromatic carbocycles. The van der Waals surface area contributed by atoms with Crippen LogP contribution in [-0.2, 0) is 9.53 Å². The third-order valence-corrected chi connectivity index (χ3v) is 8.42. The Labute approximate surface area is 275 Å². The summed E-state index contributed by atoms with van der Waals surface area (Å²) in [5.74, 6) is 2.39. The summed E-state index contributed by atoms with van der Waals surface area (Å²) in [4.78, 5) is 32.0. The molecule has 3 aromatic rings. The van der Waals surface area contributed by atoms with Crippen LogP contribution in [0.4, 0.5) is 0 Å². The normalized spacial score (nSPS) is 16.3. The van der Waals surface area contributed by atoms with Crippen LogP contribution in [0.15, 0.2) is 65.8 Å². The molecule has 0 saturated carbocycles. The van der Waals surface area contributed by atoms with Gasteiger partial charge in [0.15, 0.2) is 11.5 Å². The van der Waals surface area contributed by atoms with Crippen LogP contribution in [0.5, 0.6) is 28.7 Å². The van der Waals surface area contributed by atoms with Gasteiger partial charge in [-0.3, -0.25) is 14.5 Å². The molecule has 0 N–H and O–H groups in total. The fourth-order valence-electron chi connectivity index (χ4n) is 5.75. The van der Waals surface area contributed by atoms with E-state index >= 15 is 0 Å². The van der Waals surface area contributed by atoms with Gasteiger partial charge in [0, 0.05) is 49.8 Å². The Morgan fingerprint density at radius 3 is 2.15 bits per heavy atom. The molecule has 2 amide bonds. The third-order valence-electron chi connectivity index (χ3n) is 8.42. The summed E-state index contributed by atoms with van der Waals surface area (Å²) in [7, 11) is 7.89. The summed E-state index contributed by atoms with van der Waals surface area (Å²) in [6, 6.07) is 17.5. The van der Waals surface area contributed by atoms with Gasteiger partial charge >= 0.3 is 0 Å². The number of hydrazone groups is 1. The van der Waals surface area contributed by atoms with Crippen molar-refractivity contribution in [2.45, 2.75) is 12.5 Å². The molecule has 0 spiro atoms. The molecule has 47 heavy (non-hydrogen) atoms. The quantitative estimate of drug-likeness (QED) is 0.273. The number of ether oxygens (including phenoxy) is 6. The molecular weight excluding hydrogens is 604 g/mol. The van der Waals surface area contributed by atoms with Gasteiger partial charge in [0.25, 0.3) is 11.8 Å². The number of hydrogen-bond acceptors (Lipinski definition) is 10. The second kappa shape index (κ2) is 15.7. The third kappa shape index (κ3) is 7.78. The van der Waals surface area contributed by atoms with Crippen molar-refractivity contribution >= 4 is 17.5 Å². The van der Waals surface area contributed by atoms with E-state index in [0.29, 0.717) is 72.7 Å². The van der Waals surface area contributed by atoms with Gasteiger partial charge in [0.1, 0.15) is 23.8 Å². The van der Waals surface area contributed by atoms with E-state index in [1.807, 2.05) is 30.3 Å². The first kappa shape index (κ1) is 33.6. The molecule has 0 aromatic heterocycles. The van der Waals surface area contributed by atoms with E-state index in [-0.39, 0.29) is 18.4 Å². The Hall–Kier alpha value is -4.81. The number of carbonyl (C=O) groups excluding carboxylic acids is 2. The van der Waals surface area contributed by atoms with Gasteiger partial charge in [0.05, 0.1) is 60.5 Å². The minimum absolute atomic E-state index is 0.171. The number of amides is 2. The maximum absolute atomic E-state index is 14.3. The molecule has 0 aliphatic carbocycles. The van der Waals surface area contributed by atoms with Gasteiger partial charge in [-0.2, -0.15) is 5.10 Å². The van der Waals surface area contributed by atoms with Crippen molar-refractivity contribution in [2.75, 3.05) is 81.5 Å². The highest BCUT2D eigenvalue weighted by atomic mass is 16.5. The largest absolute Gasteiger partial charge is 0.497 e. The summed E-state index contributed by atoms with van der Waals surface area (Å²) in [5.41, 5.74) is 2.68. The monoisotopic (exact) mass is 646 g/mol. The van der Waals surface area contributed by atoms with E-state index in [0.717, 1.165) is 24.2 Å². The molecule has 250 valence electrons. The van der Waals surface area contributed by atoms with Crippen LogP contribution in [0.25, 0.3) is 0 Å². The maximum Gasteiger partial charge on any atom is 0.262 e. The molecule has 12 nitrogen and oxygen atoms in total. The summed E-state index contributed by atoms with van der Waals surface area (Å²) >= 11 is 0. The fraction of sp³-hybridized carbons (Fsp3) is 0.400. The zero-order chi connectivity index (χ0) is 33.3. The van der Waals surface area contributed by atoms with Crippen molar-refractivity contribution < 1.29 is 38.0 Å². The average Bonchev–Trinajstić information content (AvgIpc) is 3.58. The minimum atomic E-state index is -0.471. The van der Waals surface area contributed by atoms with E-state index in [1.54, 1.807) is 70.8 Å². The molecule has 12 heteroatoms. The molecule has 1 saturated heterocycles. The van der Waals surface area contributed by atoms with Gasteiger partial charge in [0.2, 0.25) is 0 Å². The molecular formula is C35H42N4O8. The number of benzene rings is 3. The van der Waals surface area contributed by atoms with Crippen LogP contribution in [0, 0.1) is 0 Å². The molecule has 1 atom stereocenters. The smallest absolute Gasteiger partial charge is 0.262 e. The highest BCUT2D eigenvalue weighted by Crippen LogP contribution is 2.39. The zero-order valence-electron chi connectivity index (χ0n) is 27.6. The molecule has 2 heterocycles. The minimum Gasteiger partial charge on any atom is -0.497 e. The highest BCUT2D eigenvalue weighted by Gasteiger charge is 2.36. The second-order valence-electron chi connectivity index (χ2n) is 11.1. The van der Waals surface area contributed by atoms with Gasteiger partial charge in [-0.05, 0) is 54.1 Å². The second-order valence-corrected chi connectivity index (χ2v) is 11.1. The lowest BCUT2D eigenvalue weighted by Gasteiger charge is -2.31. The lowest BCUT2D eigenvalue weighted by atomic mass is 9.97. The van der Waals surface area contributed by atoms with E-state index in [1.165, 1.54) is 5.01 Å². The zero-order valence-corrected chi connectivity index (χ0v) is 27.6. The summed E-state index contributed by atoms with van der Waals surface area (Å²) in [5, 5.41) is 6.34. The highest BCUT2D eigenvalue weighted by molar-refractivity contribution is 6.05. The number of morpholine rings is 1. The predicted octanol–water partition coefficient (Wildman–Crippen LogP) is 3.88. The summed E-state index contributed by atoms with van der Waals surface area (Å²) in [6.45, 7) is 3.60. The van der Waals surface area contributed by atoms with Crippen molar-refractivity contribution in [3.63, 3.8) is 0 Å². The molecule has 1 unspecified atom stereocenters. The Morgan fingerprint density at radius 1 is 0.809 bits per heavy atom. The standard InChI is InChI=1S/C35H42N4O8/c1-42-26-9-6-24(7-10-26)35(41)38(15-14-37-16-18-47-19-17-37)23-34(40)39-30(25-8-13-31(44-3)33(20-25)46-5)22-29(36-39)28-12-11-27(43-2)21-32(28)45-4/h6-13,20-21,30H,14-19,22-23H2,1-5H3. The van der Waals surface area contributed by atoms with E-state index in [2.05, 4.69) is 4.90 Å². The van der Waals surface area contributed by atoms with E-state index in [9.17, 15) is 9.59 Å². The Bertz CT molecular complexity index is 1570. The lowest BCUT2D eigenvalue weighted by molar-refractivity contribution is -0.133. The van der Waals surface area contributed by atoms with Crippen molar-refractivity contribution in [2.24, 2.45) is 5.10 Å². The predicted molar refractivity (Wildman–Crippen MR) is 176 cm³/mol. The van der Waals surface area contributed by atoms with Crippen molar-refractivity contribution in [3.05, 3.63) is 77.4 Å². The molecule has 2 aliphatic rings. The maximum atomic E-state index is 14.3. The van der Waals surface area contributed by atoms with E-state index < -0.39 is 6.04 Å². The fourth-order valence-corrected chi connectivity index (χ4v) is 5.75. The average molecular weight is 647 g/mol. The Kier molecular flexibility index (Phi) is 11.2. The van der Waals surface area contributed by atoms with Gasteiger partial charge in [-0.15, -0.1) is 0 Å². The van der Waals surface area contributed by atoms with E-state index in [4.69, 9.17) is 33.5 Å². The number of nitrogens with zero attached hydrogens (tertiary/aromatic N) is 4. The Balaban J connectivity index is 1.48. The summed E-state index contributed by atoms with van der Waals surface area (Å²) < 4.78 is 32.9. The SMILES string of the molecule is COc1ccc(C(=O)N(CCN2CCOCC2)CC(=O)N2N=C(c3ccc(OC)cc3OC)CC2c2ccc(OC)c(OC)c2)cc1. The van der Waals surface area contributed by atoms with Crippen LogP contribution >= 0.6 is 0 Å². The first-order valence-corrected chi connectivity index (χ1v) is 15.5. The first-order valence-electron chi connectivity index (χ1n) is 15.5. The topological polar surface area (TPSA) is 112 Å². The number of rotatable bonds is 13. The molecule has 0 radical (unpaired) electrons. The molecule has 1 fully saturated rings. The van der Waals surface area contributed by atoms with Crippen LogP contribution in [0.2, 0.25) is 0 Å². The number of carbonyl (C=O) groups is 2. The van der Waals surface area contributed by atoms with Gasteiger partial charge in [-0.1, -0.05) is 6.07 Å². The van der Waals surface area contributed by atoms with Crippen LogP contribution in [0.1, 0.15) is 33.9 Å². The van der Waals surface area contributed by atoms with Gasteiger partial charge < -0.3 is 33.3 Å². The molecule has 0 bridgehead atoms. The molecule has 2 aliphatic heterocycles. The Morgan fingerprint density at radius 2 is 1.49 bits per heavy atom. The van der Waals surface area contributed by atoms with Crippen LogP contribution < -0.4 is 23.7 Å². The van der Waals surface area contributed by atoms with Crippen molar-refractivity contribution in [1.82, 2.24) is 14.8 Å².